The third-order valence-corrected chi connectivity index (χ3v) is 6.85. The third kappa shape index (κ3) is 5.99. The van der Waals surface area contributed by atoms with Crippen molar-refractivity contribution in [1.29, 1.82) is 0 Å². The van der Waals surface area contributed by atoms with E-state index >= 15 is 0 Å². The summed E-state index contributed by atoms with van der Waals surface area (Å²) in [6.45, 7) is 6.23. The van der Waals surface area contributed by atoms with E-state index < -0.39 is 0 Å². The molecule has 3 amide bonds. The Hall–Kier alpha value is -3.27. The molecule has 34 heavy (non-hydrogen) atoms. The Morgan fingerprint density at radius 1 is 1.12 bits per heavy atom. The Morgan fingerprint density at radius 2 is 1.91 bits per heavy atom. The van der Waals surface area contributed by atoms with Crippen LogP contribution >= 0.6 is 11.3 Å². The van der Waals surface area contributed by atoms with Gasteiger partial charge in [-0.05, 0) is 43.4 Å². The number of thiazole rings is 1. The molecule has 1 aliphatic rings. The highest BCUT2D eigenvalue weighted by atomic mass is 32.1. The molecule has 1 saturated carbocycles. The van der Waals surface area contributed by atoms with E-state index in [2.05, 4.69) is 51.8 Å². The summed E-state index contributed by atoms with van der Waals surface area (Å²) in [6.07, 6.45) is 8.11. The lowest BCUT2D eigenvalue weighted by atomic mass is 9.85. The van der Waals surface area contributed by atoms with Crippen molar-refractivity contribution in [3.63, 3.8) is 0 Å². The van der Waals surface area contributed by atoms with Gasteiger partial charge in [-0.15, -0.1) is 11.3 Å². The van der Waals surface area contributed by atoms with Crippen LogP contribution in [0.1, 0.15) is 56.2 Å². The molecule has 180 valence electrons. The van der Waals surface area contributed by atoms with Gasteiger partial charge in [-0.3, -0.25) is 20.1 Å². The average Bonchev–Trinajstić information content (AvgIpc) is 3.31. The Bertz CT molecular complexity index is 1170. The number of rotatable bonds is 7. The first kappa shape index (κ1) is 23.9. The van der Waals surface area contributed by atoms with Gasteiger partial charge < -0.3 is 5.32 Å². The van der Waals surface area contributed by atoms with Gasteiger partial charge >= 0.3 is 6.03 Å². The lowest BCUT2D eigenvalue weighted by molar-refractivity contribution is -0.122. The molecule has 0 aliphatic heterocycles. The minimum absolute atomic E-state index is 0.0631. The van der Waals surface area contributed by atoms with Crippen LogP contribution in [0.15, 0.2) is 30.6 Å². The quantitative estimate of drug-likeness (QED) is 0.451. The number of urea groups is 1. The molecule has 3 N–H and O–H groups in total. The van der Waals surface area contributed by atoms with Gasteiger partial charge in [-0.25, -0.2) is 14.8 Å². The van der Waals surface area contributed by atoms with Crippen molar-refractivity contribution in [1.82, 2.24) is 19.7 Å². The molecule has 1 fully saturated rings. The number of pyridine rings is 1. The van der Waals surface area contributed by atoms with Crippen LogP contribution in [0.2, 0.25) is 0 Å². The molecule has 0 unspecified atom stereocenters. The standard InChI is InChI=1S/C24H31N7O2S/c1-24(2,3)18-13-20(31(4)30-18)28-22(33)29-23-26-14-17(34-23)9-8-15-10-11-25-19(12-15)27-21(32)16-6-5-7-16/h10-14,16H,5-9H2,1-4H3,(H,25,27,32)(H2,26,28,29,33). The summed E-state index contributed by atoms with van der Waals surface area (Å²) < 4.78 is 1.66. The Balaban J connectivity index is 1.28. The van der Waals surface area contributed by atoms with E-state index in [1.165, 1.54) is 11.3 Å². The number of nitrogens with zero attached hydrogens (tertiary/aromatic N) is 4. The lowest BCUT2D eigenvalue weighted by Crippen LogP contribution is -2.28. The van der Waals surface area contributed by atoms with E-state index in [1.54, 1.807) is 24.1 Å². The zero-order chi connectivity index (χ0) is 24.3. The number of carbonyl (C=O) groups is 2. The maximum atomic E-state index is 12.4. The van der Waals surface area contributed by atoms with E-state index in [0.29, 0.717) is 16.8 Å². The smallest absolute Gasteiger partial charge is 0.310 e. The van der Waals surface area contributed by atoms with Crippen LogP contribution < -0.4 is 16.0 Å². The van der Waals surface area contributed by atoms with Crippen LogP contribution in [0.3, 0.4) is 0 Å². The molecule has 0 radical (unpaired) electrons. The number of hydrogen-bond donors (Lipinski definition) is 3. The van der Waals surface area contributed by atoms with Crippen LogP contribution in [0.5, 0.6) is 0 Å². The first-order valence-electron chi connectivity index (χ1n) is 11.5. The summed E-state index contributed by atoms with van der Waals surface area (Å²) in [5.74, 6) is 1.41. The van der Waals surface area contributed by atoms with E-state index in [1.807, 2.05) is 18.2 Å². The third-order valence-electron chi connectivity index (χ3n) is 5.88. The van der Waals surface area contributed by atoms with Crippen molar-refractivity contribution >= 4 is 40.0 Å². The molecule has 4 rings (SSSR count). The van der Waals surface area contributed by atoms with Gasteiger partial charge in [-0.2, -0.15) is 5.10 Å². The van der Waals surface area contributed by atoms with Gasteiger partial charge in [-0.1, -0.05) is 27.2 Å². The second kappa shape index (κ2) is 9.92. The number of amides is 3. The maximum Gasteiger partial charge on any atom is 0.326 e. The zero-order valence-corrected chi connectivity index (χ0v) is 20.8. The van der Waals surface area contributed by atoms with Crippen molar-refractivity contribution in [2.75, 3.05) is 16.0 Å². The van der Waals surface area contributed by atoms with Crippen molar-refractivity contribution in [2.45, 2.75) is 58.3 Å². The van der Waals surface area contributed by atoms with E-state index in [9.17, 15) is 9.59 Å². The van der Waals surface area contributed by atoms with Crippen LogP contribution in [0.4, 0.5) is 21.6 Å². The molecule has 0 bridgehead atoms. The fourth-order valence-corrected chi connectivity index (χ4v) is 4.35. The molecular weight excluding hydrogens is 450 g/mol. The lowest BCUT2D eigenvalue weighted by Gasteiger charge is -2.23. The monoisotopic (exact) mass is 481 g/mol. The summed E-state index contributed by atoms with van der Waals surface area (Å²) in [7, 11) is 1.80. The molecule has 9 nitrogen and oxygen atoms in total. The molecule has 1 aliphatic carbocycles. The van der Waals surface area contributed by atoms with Gasteiger partial charge in [0.25, 0.3) is 0 Å². The van der Waals surface area contributed by atoms with Crippen molar-refractivity contribution in [3.05, 3.63) is 46.7 Å². The average molecular weight is 482 g/mol. The molecule has 0 aromatic carbocycles. The fourth-order valence-electron chi connectivity index (χ4n) is 3.54. The highest BCUT2D eigenvalue weighted by molar-refractivity contribution is 7.15. The highest BCUT2D eigenvalue weighted by Gasteiger charge is 2.25. The maximum absolute atomic E-state index is 12.4. The number of hydrogen-bond acceptors (Lipinski definition) is 6. The van der Waals surface area contributed by atoms with Gasteiger partial charge in [0.15, 0.2) is 5.13 Å². The van der Waals surface area contributed by atoms with E-state index in [4.69, 9.17) is 0 Å². The Labute approximate surface area is 203 Å². The largest absolute Gasteiger partial charge is 0.326 e. The number of aryl methyl sites for hydroxylation is 3. The van der Waals surface area contributed by atoms with E-state index in [0.717, 1.165) is 48.2 Å². The second-order valence-electron chi connectivity index (χ2n) is 9.67. The minimum Gasteiger partial charge on any atom is -0.310 e. The summed E-state index contributed by atoms with van der Waals surface area (Å²) in [5.41, 5.74) is 1.89. The number of nitrogens with one attached hydrogen (secondary N) is 3. The molecule has 0 saturated heterocycles. The molecule has 10 heteroatoms. The topological polar surface area (TPSA) is 114 Å². The van der Waals surface area contributed by atoms with E-state index in [-0.39, 0.29) is 23.3 Å². The number of aromatic nitrogens is 4. The number of carbonyl (C=O) groups excluding carboxylic acids is 2. The van der Waals surface area contributed by atoms with Crippen molar-refractivity contribution in [2.24, 2.45) is 13.0 Å². The molecule has 3 heterocycles. The first-order chi connectivity index (χ1) is 16.2. The summed E-state index contributed by atoms with van der Waals surface area (Å²) in [4.78, 5) is 34.2. The number of anilines is 3. The van der Waals surface area contributed by atoms with Crippen LogP contribution in [0, 0.1) is 5.92 Å². The van der Waals surface area contributed by atoms with Gasteiger partial charge in [0.1, 0.15) is 11.6 Å². The van der Waals surface area contributed by atoms with Crippen molar-refractivity contribution in [3.8, 4) is 0 Å². The minimum atomic E-state index is -0.356. The normalized spacial score (nSPS) is 13.9. The summed E-state index contributed by atoms with van der Waals surface area (Å²) in [5, 5.41) is 13.6. The predicted octanol–water partition coefficient (Wildman–Crippen LogP) is 4.74. The van der Waals surface area contributed by atoms with Gasteiger partial charge in [0.2, 0.25) is 5.91 Å². The Morgan fingerprint density at radius 3 is 2.59 bits per heavy atom. The molecule has 0 atom stereocenters. The SMILES string of the molecule is Cn1nc(C(C)(C)C)cc1NC(=O)Nc1ncc(CCc2ccnc(NC(=O)C3CCC3)c2)s1. The second-order valence-corrected chi connectivity index (χ2v) is 10.8. The van der Waals surface area contributed by atoms with Crippen LogP contribution in [0.25, 0.3) is 0 Å². The summed E-state index contributed by atoms with van der Waals surface area (Å²) in [6, 6.07) is 5.39. The van der Waals surface area contributed by atoms with Gasteiger partial charge in [0.05, 0.1) is 5.69 Å². The van der Waals surface area contributed by atoms with Gasteiger partial charge in [0, 0.05) is 41.7 Å². The van der Waals surface area contributed by atoms with Crippen molar-refractivity contribution < 1.29 is 9.59 Å². The molecule has 0 spiro atoms. The highest BCUT2D eigenvalue weighted by Crippen LogP contribution is 2.28. The van der Waals surface area contributed by atoms with Crippen LogP contribution in [-0.2, 0) is 30.1 Å². The predicted molar refractivity (Wildman–Crippen MR) is 134 cm³/mol. The molecule has 3 aromatic rings. The molecule has 3 aromatic heterocycles. The van der Waals surface area contributed by atoms with Crippen LogP contribution in [-0.4, -0.2) is 31.7 Å². The first-order valence-corrected chi connectivity index (χ1v) is 12.3. The fraction of sp³-hybridized carbons (Fsp3) is 0.458. The molecular formula is C24H31N7O2S. The zero-order valence-electron chi connectivity index (χ0n) is 20.0. The summed E-state index contributed by atoms with van der Waals surface area (Å²) >= 11 is 1.44. The Kier molecular flexibility index (Phi) is 6.97.